The van der Waals surface area contributed by atoms with Gasteiger partial charge in [0.2, 0.25) is 0 Å². The SMILES string of the molecule is Cc1ccc(N2CCCC2)c(C(=O)N2CC(CO)OCC2C)c1. The van der Waals surface area contributed by atoms with Crippen LogP contribution in [0.2, 0.25) is 0 Å². The Hall–Kier alpha value is -1.59. The Morgan fingerprint density at radius 1 is 1.35 bits per heavy atom. The first-order chi connectivity index (χ1) is 11.1. The van der Waals surface area contributed by atoms with Crippen molar-refractivity contribution in [3.8, 4) is 0 Å². The smallest absolute Gasteiger partial charge is 0.256 e. The number of carbonyl (C=O) groups excluding carboxylic acids is 1. The number of rotatable bonds is 3. The van der Waals surface area contributed by atoms with Gasteiger partial charge in [-0.2, -0.15) is 0 Å². The zero-order valence-electron chi connectivity index (χ0n) is 14.0. The maximum atomic E-state index is 13.2. The minimum absolute atomic E-state index is 0.0252. The van der Waals surface area contributed by atoms with Crippen molar-refractivity contribution in [1.82, 2.24) is 4.90 Å². The summed E-state index contributed by atoms with van der Waals surface area (Å²) in [7, 11) is 0. The molecule has 0 saturated carbocycles. The van der Waals surface area contributed by atoms with Gasteiger partial charge in [0.25, 0.3) is 5.91 Å². The number of morpholine rings is 1. The third-order valence-corrected chi connectivity index (χ3v) is 4.80. The zero-order valence-corrected chi connectivity index (χ0v) is 14.0. The number of amides is 1. The molecular formula is C18H26N2O3. The third kappa shape index (κ3) is 3.35. The molecule has 2 fully saturated rings. The highest BCUT2D eigenvalue weighted by atomic mass is 16.5. The van der Waals surface area contributed by atoms with Crippen molar-refractivity contribution >= 4 is 11.6 Å². The Balaban J connectivity index is 1.90. The van der Waals surface area contributed by atoms with Crippen molar-refractivity contribution < 1.29 is 14.6 Å². The van der Waals surface area contributed by atoms with E-state index in [1.165, 1.54) is 12.8 Å². The van der Waals surface area contributed by atoms with Crippen molar-refractivity contribution in [1.29, 1.82) is 0 Å². The van der Waals surface area contributed by atoms with Crippen LogP contribution in [0.4, 0.5) is 5.69 Å². The third-order valence-electron chi connectivity index (χ3n) is 4.80. The molecule has 1 N–H and O–H groups in total. The first-order valence-electron chi connectivity index (χ1n) is 8.49. The molecule has 1 aromatic carbocycles. The Kier molecular flexibility index (Phi) is 4.87. The summed E-state index contributed by atoms with van der Waals surface area (Å²) in [5.74, 6) is 0.0462. The first kappa shape index (κ1) is 16.3. The van der Waals surface area contributed by atoms with Crippen LogP contribution in [0.25, 0.3) is 0 Å². The molecule has 0 bridgehead atoms. The van der Waals surface area contributed by atoms with E-state index >= 15 is 0 Å². The maximum absolute atomic E-state index is 13.2. The molecule has 0 radical (unpaired) electrons. The summed E-state index contributed by atoms with van der Waals surface area (Å²) in [6.07, 6.45) is 2.08. The molecule has 5 nitrogen and oxygen atoms in total. The van der Waals surface area contributed by atoms with Gasteiger partial charge < -0.3 is 19.6 Å². The van der Waals surface area contributed by atoms with Crippen molar-refractivity contribution in [3.05, 3.63) is 29.3 Å². The van der Waals surface area contributed by atoms with Crippen LogP contribution in [0, 0.1) is 6.92 Å². The Bertz CT molecular complexity index is 569. The lowest BCUT2D eigenvalue weighted by molar-refractivity contribution is -0.0667. The summed E-state index contributed by atoms with van der Waals surface area (Å²) in [5.41, 5.74) is 2.91. The number of hydrogen-bond donors (Lipinski definition) is 1. The molecule has 23 heavy (non-hydrogen) atoms. The molecule has 0 aliphatic carbocycles. The van der Waals surface area contributed by atoms with Crippen molar-refractivity contribution in [2.75, 3.05) is 37.7 Å². The van der Waals surface area contributed by atoms with E-state index in [1.807, 2.05) is 24.8 Å². The van der Waals surface area contributed by atoms with Gasteiger partial charge in [0.1, 0.15) is 0 Å². The summed E-state index contributed by atoms with van der Waals surface area (Å²) in [6.45, 7) is 6.91. The van der Waals surface area contributed by atoms with Gasteiger partial charge in [0, 0.05) is 25.3 Å². The van der Waals surface area contributed by atoms with Crippen molar-refractivity contribution in [3.63, 3.8) is 0 Å². The fraction of sp³-hybridized carbons (Fsp3) is 0.611. The van der Waals surface area contributed by atoms with Crippen molar-refractivity contribution in [2.45, 2.75) is 38.8 Å². The van der Waals surface area contributed by atoms with Gasteiger partial charge >= 0.3 is 0 Å². The summed E-state index contributed by atoms with van der Waals surface area (Å²) >= 11 is 0. The van der Waals surface area contributed by atoms with E-state index in [1.54, 1.807) is 0 Å². The molecule has 5 heteroatoms. The highest BCUT2D eigenvalue weighted by Crippen LogP contribution is 2.28. The normalized spacial score (nSPS) is 25.0. The molecular weight excluding hydrogens is 292 g/mol. The van der Waals surface area contributed by atoms with E-state index in [0.717, 1.165) is 29.9 Å². The van der Waals surface area contributed by atoms with Crippen LogP contribution in [-0.2, 0) is 4.74 Å². The molecule has 126 valence electrons. The van der Waals surface area contributed by atoms with E-state index in [-0.39, 0.29) is 24.7 Å². The topological polar surface area (TPSA) is 53.0 Å². The van der Waals surface area contributed by atoms with Crippen LogP contribution < -0.4 is 4.90 Å². The van der Waals surface area contributed by atoms with Gasteiger partial charge in [-0.25, -0.2) is 0 Å². The minimum atomic E-state index is -0.282. The fourth-order valence-corrected chi connectivity index (χ4v) is 3.42. The van der Waals surface area contributed by atoms with Crippen LogP contribution in [0.3, 0.4) is 0 Å². The predicted octanol–water partition coefficient (Wildman–Crippen LogP) is 1.82. The first-order valence-corrected chi connectivity index (χ1v) is 8.49. The number of aryl methyl sites for hydroxylation is 1. The molecule has 2 saturated heterocycles. The fourth-order valence-electron chi connectivity index (χ4n) is 3.42. The van der Waals surface area contributed by atoms with E-state index in [0.29, 0.717) is 13.2 Å². The van der Waals surface area contributed by atoms with Gasteiger partial charge in [-0.05, 0) is 38.8 Å². The van der Waals surface area contributed by atoms with E-state index in [9.17, 15) is 9.90 Å². The van der Waals surface area contributed by atoms with Crippen LogP contribution in [0.5, 0.6) is 0 Å². The molecule has 2 unspecified atom stereocenters. The molecule has 2 heterocycles. The highest BCUT2D eigenvalue weighted by Gasteiger charge is 2.32. The lowest BCUT2D eigenvalue weighted by Gasteiger charge is -2.38. The van der Waals surface area contributed by atoms with Crippen LogP contribution in [-0.4, -0.2) is 60.9 Å². The predicted molar refractivity (Wildman–Crippen MR) is 90.0 cm³/mol. The van der Waals surface area contributed by atoms with E-state index < -0.39 is 0 Å². The molecule has 2 aliphatic heterocycles. The average Bonchev–Trinajstić information content (AvgIpc) is 3.09. The minimum Gasteiger partial charge on any atom is -0.394 e. The standard InChI is InChI=1S/C18H26N2O3/c1-13-5-6-17(19-7-3-4-8-19)16(9-13)18(22)20-10-15(11-21)23-12-14(20)2/h5-6,9,14-15,21H,3-4,7-8,10-12H2,1-2H3. The van der Waals surface area contributed by atoms with Gasteiger partial charge in [-0.15, -0.1) is 0 Å². The quantitative estimate of drug-likeness (QED) is 0.923. The Labute approximate surface area is 137 Å². The van der Waals surface area contributed by atoms with Crippen LogP contribution >= 0.6 is 0 Å². The molecule has 2 aliphatic rings. The molecule has 2 atom stereocenters. The number of benzene rings is 1. The Morgan fingerprint density at radius 2 is 2.09 bits per heavy atom. The number of aliphatic hydroxyl groups excluding tert-OH is 1. The number of nitrogens with zero attached hydrogens (tertiary/aromatic N) is 2. The largest absolute Gasteiger partial charge is 0.394 e. The van der Waals surface area contributed by atoms with Gasteiger partial charge in [0.15, 0.2) is 0 Å². The average molecular weight is 318 g/mol. The zero-order chi connectivity index (χ0) is 16.4. The second-order valence-electron chi connectivity index (χ2n) is 6.66. The van der Waals surface area contributed by atoms with Gasteiger partial charge in [0.05, 0.1) is 30.9 Å². The monoisotopic (exact) mass is 318 g/mol. The summed E-state index contributed by atoms with van der Waals surface area (Å²) in [4.78, 5) is 17.3. The second kappa shape index (κ2) is 6.89. The molecule has 1 amide bonds. The maximum Gasteiger partial charge on any atom is 0.256 e. The number of aliphatic hydroxyl groups is 1. The Morgan fingerprint density at radius 3 is 2.78 bits per heavy atom. The summed E-state index contributed by atoms with van der Waals surface area (Å²) in [5, 5.41) is 9.35. The lowest BCUT2D eigenvalue weighted by atomic mass is 10.0. The summed E-state index contributed by atoms with van der Waals surface area (Å²) in [6, 6.07) is 6.16. The molecule has 1 aromatic rings. The molecule has 0 aromatic heterocycles. The van der Waals surface area contributed by atoms with Crippen LogP contribution in [0.1, 0.15) is 35.7 Å². The van der Waals surface area contributed by atoms with Crippen LogP contribution in [0.15, 0.2) is 18.2 Å². The summed E-state index contributed by atoms with van der Waals surface area (Å²) < 4.78 is 5.56. The number of ether oxygens (including phenoxy) is 1. The highest BCUT2D eigenvalue weighted by molar-refractivity contribution is 6.00. The number of anilines is 1. The van der Waals surface area contributed by atoms with E-state index in [2.05, 4.69) is 17.0 Å². The second-order valence-corrected chi connectivity index (χ2v) is 6.66. The van der Waals surface area contributed by atoms with Crippen molar-refractivity contribution in [2.24, 2.45) is 0 Å². The number of hydrogen-bond acceptors (Lipinski definition) is 4. The number of carbonyl (C=O) groups is 1. The molecule has 3 rings (SSSR count). The molecule has 0 spiro atoms. The van der Waals surface area contributed by atoms with E-state index in [4.69, 9.17) is 4.74 Å². The van der Waals surface area contributed by atoms with Gasteiger partial charge in [-0.3, -0.25) is 4.79 Å². The van der Waals surface area contributed by atoms with Gasteiger partial charge in [-0.1, -0.05) is 11.6 Å². The lowest BCUT2D eigenvalue weighted by Crippen LogP contribution is -2.52.